The summed E-state index contributed by atoms with van der Waals surface area (Å²) in [6.45, 7) is 2.14. The number of aliphatic imine (C=N–C) groups is 1. The molecule has 0 atom stereocenters. The summed E-state index contributed by atoms with van der Waals surface area (Å²) in [6.07, 6.45) is 1.57. The topological polar surface area (TPSA) is 57.1 Å². The number of carbonyl (C=O) groups is 1. The van der Waals surface area contributed by atoms with E-state index in [0.29, 0.717) is 22.1 Å². The van der Waals surface area contributed by atoms with Gasteiger partial charge in [-0.1, -0.05) is 41.4 Å². The van der Waals surface area contributed by atoms with Gasteiger partial charge in [-0.25, -0.2) is 14.2 Å². The molecule has 0 saturated carbocycles. The molecular weight excluding hydrogens is 433 g/mol. The van der Waals surface area contributed by atoms with Crippen LogP contribution in [-0.2, 0) is 16.1 Å². The molecule has 3 aromatic rings. The number of rotatable bonds is 6. The normalized spacial score (nSPS) is 14.3. The van der Waals surface area contributed by atoms with Crippen LogP contribution in [0.4, 0.5) is 4.39 Å². The van der Waals surface area contributed by atoms with E-state index in [-0.39, 0.29) is 24.0 Å². The standard InChI is InChI=1S/C25H19ClFNO4/c1-15-4-3-5-18(10-15)24-28-21(25(29)32-24)12-17-11-20(26)23(22(13-17)30-2)31-14-16-6-8-19(27)9-7-16/h3-13H,14H2,1-2H3. The Bertz CT molecular complexity index is 1240. The minimum absolute atomic E-state index is 0.152. The highest BCUT2D eigenvalue weighted by molar-refractivity contribution is 6.32. The summed E-state index contributed by atoms with van der Waals surface area (Å²) in [5.74, 6) is 0.121. The first-order valence-corrected chi connectivity index (χ1v) is 10.1. The number of aryl methyl sites for hydroxylation is 1. The van der Waals surface area contributed by atoms with E-state index in [1.54, 1.807) is 30.3 Å². The average Bonchev–Trinajstić information content (AvgIpc) is 3.14. The third kappa shape index (κ3) is 4.81. The molecule has 0 bridgehead atoms. The molecule has 0 unspecified atom stereocenters. The molecule has 1 aliphatic heterocycles. The first-order chi connectivity index (χ1) is 15.4. The lowest BCUT2D eigenvalue weighted by Crippen LogP contribution is -2.05. The smallest absolute Gasteiger partial charge is 0.363 e. The number of ether oxygens (including phenoxy) is 3. The highest BCUT2D eigenvalue weighted by Gasteiger charge is 2.24. The van der Waals surface area contributed by atoms with Crippen LogP contribution in [0.15, 0.2) is 71.4 Å². The first kappa shape index (κ1) is 21.6. The zero-order valence-electron chi connectivity index (χ0n) is 17.4. The molecule has 3 aromatic carbocycles. The van der Waals surface area contributed by atoms with Gasteiger partial charge in [-0.15, -0.1) is 0 Å². The summed E-state index contributed by atoms with van der Waals surface area (Å²) in [5.41, 5.74) is 3.29. The number of hydrogen-bond donors (Lipinski definition) is 0. The van der Waals surface area contributed by atoms with Crippen molar-refractivity contribution in [3.8, 4) is 11.5 Å². The summed E-state index contributed by atoms with van der Waals surface area (Å²) in [7, 11) is 1.49. The monoisotopic (exact) mass is 451 g/mol. The lowest BCUT2D eigenvalue weighted by atomic mass is 10.1. The molecular formula is C25H19ClFNO4. The van der Waals surface area contributed by atoms with Gasteiger partial charge < -0.3 is 14.2 Å². The second-order valence-electron chi connectivity index (χ2n) is 7.15. The zero-order valence-corrected chi connectivity index (χ0v) is 18.2. The number of cyclic esters (lactones) is 1. The van der Waals surface area contributed by atoms with Crippen molar-refractivity contribution in [2.45, 2.75) is 13.5 Å². The lowest BCUT2D eigenvalue weighted by Gasteiger charge is -2.13. The maximum atomic E-state index is 13.1. The predicted molar refractivity (Wildman–Crippen MR) is 121 cm³/mol. The highest BCUT2D eigenvalue weighted by Crippen LogP contribution is 2.38. The number of nitrogens with zero attached hydrogens (tertiary/aromatic N) is 1. The van der Waals surface area contributed by atoms with Gasteiger partial charge in [-0.2, -0.15) is 0 Å². The molecule has 32 heavy (non-hydrogen) atoms. The fraction of sp³-hybridized carbons (Fsp3) is 0.120. The van der Waals surface area contributed by atoms with E-state index in [1.807, 2.05) is 31.2 Å². The molecule has 7 heteroatoms. The molecule has 5 nitrogen and oxygen atoms in total. The van der Waals surface area contributed by atoms with Crippen molar-refractivity contribution in [2.75, 3.05) is 7.11 Å². The molecule has 0 aromatic heterocycles. The molecule has 0 amide bonds. The summed E-state index contributed by atoms with van der Waals surface area (Å²) in [5, 5.41) is 0.299. The number of methoxy groups -OCH3 is 1. The molecule has 0 fully saturated rings. The van der Waals surface area contributed by atoms with Crippen LogP contribution < -0.4 is 9.47 Å². The molecule has 4 rings (SSSR count). The molecule has 1 heterocycles. The van der Waals surface area contributed by atoms with Gasteiger partial charge in [0, 0.05) is 5.56 Å². The van der Waals surface area contributed by atoms with E-state index in [0.717, 1.165) is 16.7 Å². The second kappa shape index (κ2) is 9.24. The number of carbonyl (C=O) groups excluding carboxylic acids is 1. The van der Waals surface area contributed by atoms with Gasteiger partial charge in [0.15, 0.2) is 17.2 Å². The van der Waals surface area contributed by atoms with E-state index < -0.39 is 5.97 Å². The zero-order chi connectivity index (χ0) is 22.7. The van der Waals surface area contributed by atoms with E-state index in [9.17, 15) is 9.18 Å². The maximum absolute atomic E-state index is 13.1. The van der Waals surface area contributed by atoms with Crippen molar-refractivity contribution in [1.82, 2.24) is 0 Å². The summed E-state index contributed by atoms with van der Waals surface area (Å²) < 4.78 is 29.6. The van der Waals surface area contributed by atoms with Gasteiger partial charge >= 0.3 is 5.97 Å². The van der Waals surface area contributed by atoms with Gasteiger partial charge in [0.1, 0.15) is 12.4 Å². The van der Waals surface area contributed by atoms with Crippen LogP contribution in [0.1, 0.15) is 22.3 Å². The molecule has 162 valence electrons. The van der Waals surface area contributed by atoms with E-state index in [2.05, 4.69) is 4.99 Å². The quantitative estimate of drug-likeness (QED) is 0.355. The third-order valence-electron chi connectivity index (χ3n) is 4.74. The number of benzene rings is 3. The Hall–Kier alpha value is -3.64. The van der Waals surface area contributed by atoms with Gasteiger partial charge in [0.2, 0.25) is 5.90 Å². The van der Waals surface area contributed by atoms with E-state index in [1.165, 1.54) is 19.2 Å². The SMILES string of the molecule is COc1cc(C=C2N=C(c3cccc(C)c3)OC2=O)cc(Cl)c1OCc1ccc(F)cc1. The summed E-state index contributed by atoms with van der Waals surface area (Å²) >= 11 is 6.42. The Balaban J connectivity index is 1.59. The molecule has 0 radical (unpaired) electrons. The number of hydrogen-bond acceptors (Lipinski definition) is 5. The fourth-order valence-corrected chi connectivity index (χ4v) is 3.44. The van der Waals surface area contributed by atoms with Crippen LogP contribution in [0.25, 0.3) is 6.08 Å². The van der Waals surface area contributed by atoms with Crippen LogP contribution >= 0.6 is 11.6 Å². The molecule has 1 aliphatic rings. The van der Waals surface area contributed by atoms with Gasteiger partial charge in [-0.3, -0.25) is 0 Å². The van der Waals surface area contributed by atoms with E-state index in [4.69, 9.17) is 25.8 Å². The highest BCUT2D eigenvalue weighted by atomic mass is 35.5. The van der Waals surface area contributed by atoms with Crippen LogP contribution in [0, 0.1) is 12.7 Å². The number of halogens is 2. The van der Waals surface area contributed by atoms with Crippen LogP contribution in [0.3, 0.4) is 0 Å². The van der Waals surface area contributed by atoms with E-state index >= 15 is 0 Å². The largest absolute Gasteiger partial charge is 0.493 e. The van der Waals surface area contributed by atoms with Gasteiger partial charge in [0.05, 0.1) is 12.1 Å². The molecule has 0 spiro atoms. The first-order valence-electron chi connectivity index (χ1n) is 9.77. The number of esters is 1. The Morgan fingerprint density at radius 3 is 2.62 bits per heavy atom. The van der Waals surface area contributed by atoms with Crippen molar-refractivity contribution in [2.24, 2.45) is 4.99 Å². The Morgan fingerprint density at radius 2 is 1.91 bits per heavy atom. The Morgan fingerprint density at radius 1 is 1.12 bits per heavy atom. The summed E-state index contributed by atoms with van der Waals surface area (Å²) in [4.78, 5) is 16.6. The second-order valence-corrected chi connectivity index (χ2v) is 7.56. The molecule has 0 saturated heterocycles. The van der Waals surface area contributed by atoms with Crippen molar-refractivity contribution in [3.05, 3.63) is 99.5 Å². The third-order valence-corrected chi connectivity index (χ3v) is 5.02. The van der Waals surface area contributed by atoms with Crippen LogP contribution in [0.2, 0.25) is 5.02 Å². The maximum Gasteiger partial charge on any atom is 0.363 e. The Labute approximate surface area is 189 Å². The van der Waals surface area contributed by atoms with Crippen molar-refractivity contribution < 1.29 is 23.4 Å². The van der Waals surface area contributed by atoms with Crippen molar-refractivity contribution in [3.63, 3.8) is 0 Å². The van der Waals surface area contributed by atoms with Crippen molar-refractivity contribution >= 4 is 29.5 Å². The molecule has 0 N–H and O–H groups in total. The average molecular weight is 452 g/mol. The minimum Gasteiger partial charge on any atom is -0.493 e. The predicted octanol–water partition coefficient (Wildman–Crippen LogP) is 5.72. The Kier molecular flexibility index (Phi) is 6.23. The summed E-state index contributed by atoms with van der Waals surface area (Å²) in [6, 6.07) is 16.9. The van der Waals surface area contributed by atoms with Crippen LogP contribution in [-0.4, -0.2) is 19.0 Å². The van der Waals surface area contributed by atoms with Gasteiger partial charge in [0.25, 0.3) is 0 Å². The van der Waals surface area contributed by atoms with Crippen LogP contribution in [0.5, 0.6) is 11.5 Å². The van der Waals surface area contributed by atoms with Crippen molar-refractivity contribution in [1.29, 1.82) is 0 Å². The van der Waals surface area contributed by atoms with Gasteiger partial charge in [-0.05, 0) is 60.5 Å². The fourth-order valence-electron chi connectivity index (χ4n) is 3.17. The lowest BCUT2D eigenvalue weighted by molar-refractivity contribution is -0.129. The molecule has 0 aliphatic carbocycles. The minimum atomic E-state index is -0.548.